The number of ether oxygens (including phenoxy) is 1. The quantitative estimate of drug-likeness (QED) is 0.377. The summed E-state index contributed by atoms with van der Waals surface area (Å²) < 4.78 is 37.6. The minimum Gasteiger partial charge on any atom is -0.485 e. The number of benzene rings is 1. The second-order valence-electron chi connectivity index (χ2n) is 7.29. The molecule has 0 saturated heterocycles. The lowest BCUT2D eigenvalue weighted by Crippen LogP contribution is -2.16. The second kappa shape index (κ2) is 8.99. The van der Waals surface area contributed by atoms with Crippen LogP contribution in [0.5, 0.6) is 5.75 Å². The number of thiophene rings is 1. The largest absolute Gasteiger partial charge is 0.485 e. The Labute approximate surface area is 191 Å². The number of aromatic nitrogens is 1. The van der Waals surface area contributed by atoms with Crippen molar-refractivity contribution in [2.75, 3.05) is 5.32 Å². The van der Waals surface area contributed by atoms with Crippen LogP contribution >= 0.6 is 11.3 Å². The lowest BCUT2D eigenvalue weighted by Gasteiger charge is -2.08. The molecule has 1 aromatic carbocycles. The number of para-hydroxylation sites is 1. The van der Waals surface area contributed by atoms with Gasteiger partial charge in [0.1, 0.15) is 33.5 Å². The third-order valence-electron chi connectivity index (χ3n) is 4.91. The van der Waals surface area contributed by atoms with Crippen LogP contribution in [-0.4, -0.2) is 16.8 Å². The van der Waals surface area contributed by atoms with Crippen LogP contribution in [0.25, 0.3) is 10.2 Å². The van der Waals surface area contributed by atoms with Gasteiger partial charge in [0.15, 0.2) is 5.76 Å². The molecule has 3 aromatic heterocycles. The second-order valence-corrected chi connectivity index (χ2v) is 8.29. The molecule has 3 heterocycles. The Morgan fingerprint density at radius 1 is 1.18 bits per heavy atom. The molecule has 0 aliphatic heterocycles. The standard InChI is InChI=1S/C23H19F2N3O4S/c1-11-5-3-4-6-15(11)31-10-13-7-8-16(32-13)22(30)28-18-17-12(2)9-14(20(24)25)27-23(17)33-19(18)21(26)29/h3-9,20H,10H2,1-2H3,(H2,26,29)(H,28,30). The van der Waals surface area contributed by atoms with Gasteiger partial charge in [-0.05, 0) is 49.2 Å². The molecule has 0 spiro atoms. The fourth-order valence-electron chi connectivity index (χ4n) is 3.33. The fraction of sp³-hybridized carbons (Fsp3) is 0.174. The number of carbonyl (C=O) groups excluding carboxylic acids is 2. The zero-order valence-corrected chi connectivity index (χ0v) is 18.5. The van der Waals surface area contributed by atoms with Crippen molar-refractivity contribution in [2.45, 2.75) is 26.9 Å². The van der Waals surface area contributed by atoms with Gasteiger partial charge in [0.25, 0.3) is 18.2 Å². The number of anilines is 1. The van der Waals surface area contributed by atoms with Crippen molar-refractivity contribution in [2.24, 2.45) is 5.73 Å². The van der Waals surface area contributed by atoms with Crippen molar-refractivity contribution in [1.82, 2.24) is 4.98 Å². The smallest absolute Gasteiger partial charge is 0.291 e. The maximum Gasteiger partial charge on any atom is 0.291 e. The number of nitrogens with one attached hydrogen (secondary N) is 1. The number of rotatable bonds is 7. The molecule has 170 valence electrons. The number of alkyl halides is 2. The number of amides is 2. The minimum atomic E-state index is -2.77. The van der Waals surface area contributed by atoms with Gasteiger partial charge in [-0.3, -0.25) is 9.59 Å². The zero-order chi connectivity index (χ0) is 23.7. The number of hydrogen-bond donors (Lipinski definition) is 2. The number of carbonyl (C=O) groups is 2. The van der Waals surface area contributed by atoms with E-state index in [0.29, 0.717) is 22.5 Å². The monoisotopic (exact) mass is 471 g/mol. The molecule has 33 heavy (non-hydrogen) atoms. The van der Waals surface area contributed by atoms with Crippen LogP contribution in [-0.2, 0) is 6.61 Å². The summed E-state index contributed by atoms with van der Waals surface area (Å²) in [5.41, 5.74) is 6.55. The van der Waals surface area contributed by atoms with E-state index in [9.17, 15) is 18.4 Å². The Kier molecular flexibility index (Phi) is 6.10. The predicted octanol–water partition coefficient (Wildman–Crippen LogP) is 5.37. The first-order valence-corrected chi connectivity index (χ1v) is 10.7. The summed E-state index contributed by atoms with van der Waals surface area (Å²) in [6, 6.07) is 11.8. The van der Waals surface area contributed by atoms with Gasteiger partial charge in [-0.1, -0.05) is 18.2 Å². The van der Waals surface area contributed by atoms with E-state index in [0.717, 1.165) is 16.9 Å². The number of nitrogens with two attached hydrogens (primary N) is 1. The van der Waals surface area contributed by atoms with E-state index in [1.807, 2.05) is 31.2 Å². The predicted molar refractivity (Wildman–Crippen MR) is 120 cm³/mol. The van der Waals surface area contributed by atoms with Crippen LogP contribution in [0.3, 0.4) is 0 Å². The number of pyridine rings is 1. The first kappa shape index (κ1) is 22.4. The van der Waals surface area contributed by atoms with Gasteiger partial charge < -0.3 is 20.2 Å². The summed E-state index contributed by atoms with van der Waals surface area (Å²) in [5, 5.41) is 3.00. The van der Waals surface area contributed by atoms with E-state index < -0.39 is 23.9 Å². The molecule has 0 radical (unpaired) electrons. The molecule has 0 saturated carbocycles. The first-order chi connectivity index (χ1) is 15.7. The Morgan fingerprint density at radius 3 is 2.64 bits per heavy atom. The third-order valence-corrected chi connectivity index (χ3v) is 6.01. The maximum absolute atomic E-state index is 13.1. The summed E-state index contributed by atoms with van der Waals surface area (Å²) in [5.74, 6) is -0.326. The van der Waals surface area contributed by atoms with E-state index >= 15 is 0 Å². The highest BCUT2D eigenvalue weighted by molar-refractivity contribution is 7.21. The Morgan fingerprint density at radius 2 is 1.94 bits per heavy atom. The van der Waals surface area contributed by atoms with Gasteiger partial charge in [-0.15, -0.1) is 11.3 Å². The molecule has 0 unspecified atom stereocenters. The molecule has 0 bridgehead atoms. The Bertz CT molecular complexity index is 1360. The van der Waals surface area contributed by atoms with Crippen molar-refractivity contribution in [1.29, 1.82) is 0 Å². The summed E-state index contributed by atoms with van der Waals surface area (Å²) in [4.78, 5) is 28.9. The lowest BCUT2D eigenvalue weighted by molar-refractivity contribution is 0.0992. The van der Waals surface area contributed by atoms with Gasteiger partial charge in [-0.25, -0.2) is 13.8 Å². The number of fused-ring (bicyclic) bond motifs is 1. The molecule has 3 N–H and O–H groups in total. The molecule has 0 fully saturated rings. The Hall–Kier alpha value is -3.79. The van der Waals surface area contributed by atoms with Gasteiger partial charge >= 0.3 is 0 Å². The number of nitrogens with zero attached hydrogens (tertiary/aromatic N) is 1. The SMILES string of the molecule is Cc1ccccc1OCc1ccc(C(=O)Nc2c(C(N)=O)sc3nc(C(F)F)cc(C)c23)o1. The minimum absolute atomic E-state index is 0.00929. The van der Waals surface area contributed by atoms with Gasteiger partial charge in [0, 0.05) is 5.39 Å². The highest BCUT2D eigenvalue weighted by Crippen LogP contribution is 2.38. The van der Waals surface area contributed by atoms with Crippen LogP contribution < -0.4 is 15.8 Å². The topological polar surface area (TPSA) is 107 Å². The number of aryl methyl sites for hydroxylation is 2. The molecular weight excluding hydrogens is 452 g/mol. The number of primary amides is 1. The van der Waals surface area contributed by atoms with Crippen LogP contribution in [0.15, 0.2) is 46.9 Å². The normalized spacial score (nSPS) is 11.2. The van der Waals surface area contributed by atoms with Crippen molar-refractivity contribution in [3.63, 3.8) is 0 Å². The molecule has 10 heteroatoms. The van der Waals surface area contributed by atoms with Crippen LogP contribution in [0.1, 0.15) is 49.2 Å². The van der Waals surface area contributed by atoms with Crippen LogP contribution in [0.2, 0.25) is 0 Å². The van der Waals surface area contributed by atoms with Gasteiger partial charge in [0.2, 0.25) is 0 Å². The van der Waals surface area contributed by atoms with Crippen molar-refractivity contribution < 1.29 is 27.5 Å². The van der Waals surface area contributed by atoms with Gasteiger partial charge in [0.05, 0.1) is 5.69 Å². The summed E-state index contributed by atoms with van der Waals surface area (Å²) >= 11 is 0.843. The number of halogens is 2. The molecule has 0 atom stereocenters. The van der Waals surface area contributed by atoms with Crippen molar-refractivity contribution in [3.05, 3.63) is 75.7 Å². The molecular formula is C23H19F2N3O4S. The van der Waals surface area contributed by atoms with E-state index in [2.05, 4.69) is 10.3 Å². The highest BCUT2D eigenvalue weighted by Gasteiger charge is 2.24. The van der Waals surface area contributed by atoms with E-state index in [4.69, 9.17) is 14.9 Å². The zero-order valence-electron chi connectivity index (χ0n) is 17.6. The maximum atomic E-state index is 13.1. The summed E-state index contributed by atoms with van der Waals surface area (Å²) in [6.07, 6.45) is -2.77. The molecule has 7 nitrogen and oxygen atoms in total. The third kappa shape index (κ3) is 4.56. The van der Waals surface area contributed by atoms with Crippen molar-refractivity contribution >= 4 is 39.1 Å². The lowest BCUT2D eigenvalue weighted by atomic mass is 10.1. The number of furan rings is 1. The van der Waals surface area contributed by atoms with E-state index in [-0.39, 0.29) is 27.8 Å². The van der Waals surface area contributed by atoms with E-state index in [1.165, 1.54) is 12.1 Å². The summed E-state index contributed by atoms with van der Waals surface area (Å²) in [6.45, 7) is 3.63. The molecule has 0 aliphatic rings. The highest BCUT2D eigenvalue weighted by atomic mass is 32.1. The van der Waals surface area contributed by atoms with E-state index in [1.54, 1.807) is 13.0 Å². The van der Waals surface area contributed by atoms with Gasteiger partial charge in [-0.2, -0.15) is 0 Å². The molecule has 4 rings (SSSR count). The first-order valence-electron chi connectivity index (χ1n) is 9.85. The van der Waals surface area contributed by atoms with Crippen molar-refractivity contribution in [3.8, 4) is 5.75 Å². The Balaban J connectivity index is 1.58. The molecule has 4 aromatic rings. The summed E-state index contributed by atoms with van der Waals surface area (Å²) in [7, 11) is 0. The fourth-order valence-corrected chi connectivity index (χ4v) is 4.40. The molecule has 0 aliphatic carbocycles. The number of hydrogen-bond acceptors (Lipinski definition) is 6. The average molecular weight is 471 g/mol. The molecule has 2 amide bonds. The average Bonchev–Trinajstić information content (AvgIpc) is 3.38. The van der Waals surface area contributed by atoms with Crippen LogP contribution in [0, 0.1) is 13.8 Å². The van der Waals surface area contributed by atoms with Crippen LogP contribution in [0.4, 0.5) is 14.5 Å².